The maximum Gasteiger partial charge on any atom is 0.328 e. The van der Waals surface area contributed by atoms with E-state index in [-0.39, 0.29) is 23.7 Å². The molecule has 0 unspecified atom stereocenters. The minimum atomic E-state index is -0.742. The molecule has 1 aromatic carbocycles. The number of esters is 1. The Morgan fingerprint density at radius 2 is 1.69 bits per heavy atom. The zero-order chi connectivity index (χ0) is 26.6. The summed E-state index contributed by atoms with van der Waals surface area (Å²) in [6, 6.07) is 9.10. The second kappa shape index (κ2) is 11.1. The van der Waals surface area contributed by atoms with Gasteiger partial charge in [-0.3, -0.25) is 9.59 Å². The van der Waals surface area contributed by atoms with Gasteiger partial charge in [-0.05, 0) is 56.0 Å². The molecule has 0 spiro atoms. The van der Waals surface area contributed by atoms with Crippen LogP contribution in [-0.2, 0) is 26.8 Å². The van der Waals surface area contributed by atoms with Crippen molar-refractivity contribution in [3.05, 3.63) is 52.8 Å². The molecule has 0 bridgehead atoms. The first-order valence-corrected chi connectivity index (χ1v) is 12.1. The molecule has 1 amide bonds. The second-order valence-corrected chi connectivity index (χ2v) is 10.1. The second-order valence-electron chi connectivity index (χ2n) is 10.1. The van der Waals surface area contributed by atoms with Gasteiger partial charge in [0.15, 0.2) is 5.78 Å². The van der Waals surface area contributed by atoms with E-state index in [0.29, 0.717) is 11.4 Å². The number of ether oxygens (including phenoxy) is 2. The molecular weight excluding hydrogens is 444 g/mol. The lowest BCUT2D eigenvalue weighted by atomic mass is 9.72. The monoisotopic (exact) mass is 484 g/mol. The fourth-order valence-electron chi connectivity index (χ4n) is 4.36. The number of hydrogen-bond acceptors (Lipinski definition) is 5. The van der Waals surface area contributed by atoms with E-state index in [2.05, 4.69) is 25.2 Å². The first kappa shape index (κ1) is 28.1. The van der Waals surface area contributed by atoms with Gasteiger partial charge in [-0.1, -0.05) is 46.8 Å². The minimum Gasteiger partial charge on any atom is -0.486 e. The molecule has 35 heavy (non-hydrogen) atoms. The van der Waals surface area contributed by atoms with Crippen LogP contribution < -0.4 is 10.1 Å². The summed E-state index contributed by atoms with van der Waals surface area (Å²) >= 11 is 0. The van der Waals surface area contributed by atoms with E-state index in [1.54, 1.807) is 13.0 Å². The highest BCUT2D eigenvalue weighted by atomic mass is 16.5. The third-order valence-corrected chi connectivity index (χ3v) is 6.88. The summed E-state index contributed by atoms with van der Waals surface area (Å²) in [7, 11) is 3.17. The zero-order valence-electron chi connectivity index (χ0n) is 22.6. The molecule has 0 aliphatic carbocycles. The topological polar surface area (TPSA) is 86.6 Å². The van der Waals surface area contributed by atoms with Crippen molar-refractivity contribution in [1.29, 1.82) is 0 Å². The molecule has 2 aromatic rings. The van der Waals surface area contributed by atoms with Gasteiger partial charge in [0.25, 0.3) is 5.91 Å². The number of ketones is 1. The number of amides is 1. The smallest absolute Gasteiger partial charge is 0.328 e. The molecule has 7 heteroatoms. The van der Waals surface area contributed by atoms with Gasteiger partial charge in [0.05, 0.1) is 7.11 Å². The third kappa shape index (κ3) is 5.95. The molecule has 0 saturated carbocycles. The van der Waals surface area contributed by atoms with E-state index in [4.69, 9.17) is 9.47 Å². The van der Waals surface area contributed by atoms with Crippen molar-refractivity contribution < 1.29 is 23.9 Å². The van der Waals surface area contributed by atoms with Gasteiger partial charge in [0, 0.05) is 23.6 Å². The fraction of sp³-hybridized carbons (Fsp3) is 0.536. The molecule has 0 aliphatic rings. The normalized spacial score (nSPS) is 12.7. The molecule has 1 heterocycles. The van der Waals surface area contributed by atoms with Gasteiger partial charge in [-0.25, -0.2) is 4.79 Å². The number of rotatable bonds is 10. The molecule has 7 nitrogen and oxygen atoms in total. The largest absolute Gasteiger partial charge is 0.486 e. The summed E-state index contributed by atoms with van der Waals surface area (Å²) in [5.41, 5.74) is 2.78. The molecule has 0 radical (unpaired) electrons. The van der Waals surface area contributed by atoms with Crippen molar-refractivity contribution in [1.82, 2.24) is 9.88 Å². The predicted molar refractivity (Wildman–Crippen MR) is 137 cm³/mol. The number of aryl methyl sites for hydroxylation is 1. The molecule has 192 valence electrons. The lowest BCUT2D eigenvalue weighted by molar-refractivity contribution is -0.142. The summed E-state index contributed by atoms with van der Waals surface area (Å²) in [6.07, 6.45) is 1.65. The van der Waals surface area contributed by atoms with Crippen molar-refractivity contribution in [3.8, 4) is 5.75 Å². The van der Waals surface area contributed by atoms with Gasteiger partial charge in [-0.15, -0.1) is 0 Å². The van der Waals surface area contributed by atoms with Crippen molar-refractivity contribution in [2.24, 2.45) is 12.5 Å². The summed E-state index contributed by atoms with van der Waals surface area (Å²) < 4.78 is 12.5. The first-order valence-electron chi connectivity index (χ1n) is 12.1. The molecule has 0 saturated heterocycles. The van der Waals surface area contributed by atoms with Gasteiger partial charge in [0.2, 0.25) is 0 Å². The first-order chi connectivity index (χ1) is 16.3. The number of carbonyl (C=O) groups is 3. The van der Waals surface area contributed by atoms with Gasteiger partial charge in [0.1, 0.15) is 24.1 Å². The lowest BCUT2D eigenvalue weighted by Crippen LogP contribution is -2.40. The fourth-order valence-corrected chi connectivity index (χ4v) is 4.36. The Kier molecular flexibility index (Phi) is 8.93. The maximum absolute atomic E-state index is 12.9. The number of methoxy groups -OCH3 is 1. The van der Waals surface area contributed by atoms with Crippen LogP contribution in [0.15, 0.2) is 30.3 Å². The van der Waals surface area contributed by atoms with Crippen LogP contribution in [0.2, 0.25) is 0 Å². The van der Waals surface area contributed by atoms with Crippen molar-refractivity contribution >= 4 is 17.7 Å². The maximum atomic E-state index is 12.9. The molecular formula is C28H40N2O5. The minimum absolute atomic E-state index is 0.0384. The van der Waals surface area contributed by atoms with E-state index >= 15 is 0 Å². The highest BCUT2D eigenvalue weighted by molar-refractivity contribution is 5.95. The SMILES string of the molecule is CCC(CC)(c1ccc(OCC(=O)C(C)(C)C)c(C)c1)c1ccc(C(=O)N[C@@H](C)C(=O)OC)n1C. The van der Waals surface area contributed by atoms with Crippen LogP contribution in [0.25, 0.3) is 0 Å². The van der Waals surface area contributed by atoms with E-state index in [1.807, 2.05) is 57.5 Å². The molecule has 0 fully saturated rings. The van der Waals surface area contributed by atoms with E-state index in [1.165, 1.54) is 7.11 Å². The van der Waals surface area contributed by atoms with E-state index in [0.717, 1.165) is 29.7 Å². The van der Waals surface area contributed by atoms with Crippen molar-refractivity contribution in [2.45, 2.75) is 72.8 Å². The third-order valence-electron chi connectivity index (χ3n) is 6.88. The molecule has 1 N–H and O–H groups in total. The van der Waals surface area contributed by atoms with Crippen LogP contribution in [-0.4, -0.2) is 42.0 Å². The standard InChI is InChI=1S/C28H40N2O5/c1-10-28(11-2,20-12-14-22(18(3)16-20)35-17-24(31)27(5,6)7)23-15-13-21(30(23)8)25(32)29-19(4)26(33)34-9/h12-16,19H,10-11,17H2,1-9H3,(H,29,32)/t19-/m0/s1. The Morgan fingerprint density at radius 1 is 1.06 bits per heavy atom. The zero-order valence-corrected chi connectivity index (χ0v) is 22.6. The van der Waals surface area contributed by atoms with Crippen LogP contribution in [0.1, 0.15) is 81.7 Å². The Morgan fingerprint density at radius 3 is 2.20 bits per heavy atom. The van der Waals surface area contributed by atoms with Crippen molar-refractivity contribution in [3.63, 3.8) is 0 Å². The van der Waals surface area contributed by atoms with Gasteiger partial charge >= 0.3 is 5.97 Å². The average Bonchev–Trinajstić information content (AvgIpc) is 3.20. The highest BCUT2D eigenvalue weighted by Gasteiger charge is 2.35. The van der Waals surface area contributed by atoms with Crippen LogP contribution in [0, 0.1) is 12.3 Å². The summed E-state index contributed by atoms with van der Waals surface area (Å²) in [4.78, 5) is 36.9. The molecule has 1 atom stereocenters. The molecule has 2 rings (SSSR count). The summed E-state index contributed by atoms with van der Waals surface area (Å²) in [6.45, 7) is 13.5. The highest BCUT2D eigenvalue weighted by Crippen LogP contribution is 2.41. The number of nitrogens with one attached hydrogen (secondary N) is 1. The summed E-state index contributed by atoms with van der Waals surface area (Å²) in [5.74, 6) is -0.0859. The van der Waals surface area contributed by atoms with Crippen LogP contribution >= 0.6 is 0 Å². The van der Waals surface area contributed by atoms with Gasteiger partial charge < -0.3 is 19.4 Å². The number of aromatic nitrogens is 1. The summed E-state index contributed by atoms with van der Waals surface area (Å²) in [5, 5.41) is 2.70. The van der Waals surface area contributed by atoms with Gasteiger partial charge in [-0.2, -0.15) is 0 Å². The Balaban J connectivity index is 2.38. The average molecular weight is 485 g/mol. The Labute approximate surface area is 209 Å². The van der Waals surface area contributed by atoms with E-state index < -0.39 is 17.4 Å². The number of nitrogens with zero attached hydrogens (tertiary/aromatic N) is 1. The predicted octanol–water partition coefficient (Wildman–Crippen LogP) is 4.72. The number of Topliss-reactive ketones (excluding diaryl/α,β-unsaturated/α-hetero) is 1. The molecule has 0 aliphatic heterocycles. The van der Waals surface area contributed by atoms with Crippen LogP contribution in [0.5, 0.6) is 5.75 Å². The molecule has 1 aromatic heterocycles. The Bertz CT molecular complexity index is 1070. The lowest BCUT2D eigenvalue weighted by Gasteiger charge is -2.34. The number of hydrogen-bond donors (Lipinski definition) is 1. The Hall–Kier alpha value is -3.09. The quantitative estimate of drug-likeness (QED) is 0.493. The van der Waals surface area contributed by atoms with Crippen LogP contribution in [0.4, 0.5) is 0 Å². The van der Waals surface area contributed by atoms with Crippen LogP contribution in [0.3, 0.4) is 0 Å². The number of carbonyl (C=O) groups excluding carboxylic acids is 3. The van der Waals surface area contributed by atoms with Crippen molar-refractivity contribution in [2.75, 3.05) is 13.7 Å². The number of benzene rings is 1. The van der Waals surface area contributed by atoms with E-state index in [9.17, 15) is 14.4 Å².